The van der Waals surface area contributed by atoms with E-state index in [0.717, 1.165) is 23.3 Å². The molecule has 0 fully saturated rings. The van der Waals surface area contributed by atoms with Gasteiger partial charge < -0.3 is 9.32 Å². The highest BCUT2D eigenvalue weighted by molar-refractivity contribution is 7.89. The van der Waals surface area contributed by atoms with E-state index >= 15 is 0 Å². The molecule has 1 amide bonds. The SMILES string of the molecule is CN(C)CCCN(C(=O)c1ccc(S(=O)(=O)N2CCc3ccccc3C2)cc1)c1nc2cc(F)c(F)cc2o1. The van der Waals surface area contributed by atoms with E-state index in [1.807, 2.05) is 43.3 Å². The summed E-state index contributed by atoms with van der Waals surface area (Å²) in [4.78, 5) is 21.1. The molecule has 0 spiro atoms. The predicted molar refractivity (Wildman–Crippen MR) is 143 cm³/mol. The predicted octanol–water partition coefficient (Wildman–Crippen LogP) is 4.45. The van der Waals surface area contributed by atoms with Crippen LogP contribution in [0.2, 0.25) is 0 Å². The number of halogens is 2. The smallest absolute Gasteiger partial charge is 0.305 e. The molecule has 2 heterocycles. The van der Waals surface area contributed by atoms with Gasteiger partial charge >= 0.3 is 6.01 Å². The van der Waals surface area contributed by atoms with Gasteiger partial charge in [0.1, 0.15) is 5.52 Å². The van der Waals surface area contributed by atoms with E-state index in [0.29, 0.717) is 25.9 Å². The Bertz CT molecular complexity index is 1580. The molecule has 39 heavy (non-hydrogen) atoms. The van der Waals surface area contributed by atoms with Crippen molar-refractivity contribution in [3.8, 4) is 0 Å². The van der Waals surface area contributed by atoms with E-state index in [1.54, 1.807) is 0 Å². The topological polar surface area (TPSA) is 87.0 Å². The fourth-order valence-electron chi connectivity index (χ4n) is 4.61. The molecule has 3 aromatic carbocycles. The van der Waals surface area contributed by atoms with E-state index in [2.05, 4.69) is 4.98 Å². The number of rotatable bonds is 8. The van der Waals surface area contributed by atoms with Crippen molar-refractivity contribution >= 4 is 33.0 Å². The van der Waals surface area contributed by atoms with Gasteiger partial charge in [0, 0.05) is 37.3 Å². The molecule has 11 heteroatoms. The Morgan fingerprint density at radius 2 is 1.69 bits per heavy atom. The molecule has 0 bridgehead atoms. The van der Waals surface area contributed by atoms with Crippen LogP contribution in [0.15, 0.2) is 70.0 Å². The second-order valence-corrected chi connectivity index (χ2v) is 11.7. The van der Waals surface area contributed by atoms with Gasteiger partial charge in [0.15, 0.2) is 17.2 Å². The maximum absolute atomic E-state index is 13.7. The van der Waals surface area contributed by atoms with Crippen molar-refractivity contribution in [3.63, 3.8) is 0 Å². The zero-order chi connectivity index (χ0) is 27.7. The first-order valence-electron chi connectivity index (χ1n) is 12.5. The quantitative estimate of drug-likeness (QED) is 0.320. The van der Waals surface area contributed by atoms with Gasteiger partial charge in [-0.15, -0.1) is 0 Å². The van der Waals surface area contributed by atoms with Crippen LogP contribution in [-0.2, 0) is 23.0 Å². The Kier molecular flexibility index (Phi) is 7.48. The van der Waals surface area contributed by atoms with E-state index in [9.17, 15) is 22.0 Å². The van der Waals surface area contributed by atoms with Crippen LogP contribution < -0.4 is 4.90 Å². The zero-order valence-corrected chi connectivity index (χ0v) is 22.4. The second kappa shape index (κ2) is 10.8. The molecule has 0 N–H and O–H groups in total. The maximum Gasteiger partial charge on any atom is 0.305 e. The largest absolute Gasteiger partial charge is 0.423 e. The summed E-state index contributed by atoms with van der Waals surface area (Å²) in [5, 5.41) is 0. The van der Waals surface area contributed by atoms with Gasteiger partial charge in [0.2, 0.25) is 10.0 Å². The molecular formula is C28H28F2N4O4S. The van der Waals surface area contributed by atoms with Crippen LogP contribution in [0.4, 0.5) is 14.8 Å². The lowest BCUT2D eigenvalue weighted by Crippen LogP contribution is -2.36. The Morgan fingerprint density at radius 1 is 1.00 bits per heavy atom. The third-order valence-electron chi connectivity index (χ3n) is 6.72. The summed E-state index contributed by atoms with van der Waals surface area (Å²) in [7, 11) is 0.0323. The summed E-state index contributed by atoms with van der Waals surface area (Å²) < 4.78 is 61.2. The lowest BCUT2D eigenvalue weighted by atomic mass is 10.0. The second-order valence-electron chi connectivity index (χ2n) is 9.73. The van der Waals surface area contributed by atoms with Crippen molar-refractivity contribution in [1.82, 2.24) is 14.2 Å². The summed E-state index contributed by atoms with van der Waals surface area (Å²) in [6, 6.07) is 15.2. The van der Waals surface area contributed by atoms with Gasteiger partial charge in [-0.2, -0.15) is 9.29 Å². The van der Waals surface area contributed by atoms with Crippen molar-refractivity contribution < 1.29 is 26.4 Å². The molecule has 0 saturated carbocycles. The van der Waals surface area contributed by atoms with Crippen LogP contribution in [0.25, 0.3) is 11.1 Å². The number of sulfonamides is 1. The lowest BCUT2D eigenvalue weighted by Gasteiger charge is -2.28. The van der Waals surface area contributed by atoms with Gasteiger partial charge in [0.05, 0.1) is 4.90 Å². The van der Waals surface area contributed by atoms with Crippen molar-refractivity contribution in [2.24, 2.45) is 0 Å². The molecule has 4 aromatic rings. The van der Waals surface area contributed by atoms with Crippen LogP contribution in [-0.4, -0.2) is 62.2 Å². The molecule has 0 unspecified atom stereocenters. The molecule has 8 nitrogen and oxygen atoms in total. The molecule has 0 atom stereocenters. The Labute approximate surface area is 225 Å². The van der Waals surface area contributed by atoms with Gasteiger partial charge in [-0.1, -0.05) is 24.3 Å². The van der Waals surface area contributed by atoms with Gasteiger partial charge in [-0.25, -0.2) is 17.2 Å². The van der Waals surface area contributed by atoms with Crippen molar-refractivity contribution in [1.29, 1.82) is 0 Å². The number of benzene rings is 3. The molecule has 1 aliphatic heterocycles. The van der Waals surface area contributed by atoms with Crippen LogP contribution in [0, 0.1) is 11.6 Å². The van der Waals surface area contributed by atoms with Crippen molar-refractivity contribution in [2.75, 3.05) is 38.6 Å². The van der Waals surface area contributed by atoms with Crippen LogP contribution >= 0.6 is 0 Å². The van der Waals surface area contributed by atoms with Crippen LogP contribution in [0.5, 0.6) is 0 Å². The first-order valence-corrected chi connectivity index (χ1v) is 14.0. The Balaban J connectivity index is 1.40. The number of fused-ring (bicyclic) bond motifs is 2. The standard InChI is InChI=1S/C28H28F2N4O4S/c1-32(2)13-5-14-34(28-31-25-16-23(29)24(30)17-26(25)38-28)27(35)20-8-10-22(11-9-20)39(36,37)33-15-12-19-6-3-4-7-21(19)18-33/h3-4,6-11,16-17H,5,12-15,18H2,1-2H3. The van der Waals surface area contributed by atoms with Gasteiger partial charge in [-0.3, -0.25) is 9.69 Å². The highest BCUT2D eigenvalue weighted by Crippen LogP contribution is 2.28. The minimum atomic E-state index is -3.77. The fraction of sp³-hybridized carbons (Fsp3) is 0.286. The Hall–Kier alpha value is -3.67. The summed E-state index contributed by atoms with van der Waals surface area (Å²) in [5.41, 5.74) is 2.44. The van der Waals surface area contributed by atoms with Gasteiger partial charge in [0.25, 0.3) is 5.91 Å². The number of amides is 1. The van der Waals surface area contributed by atoms with Crippen LogP contribution in [0.1, 0.15) is 27.9 Å². The molecule has 204 valence electrons. The van der Waals surface area contributed by atoms with Crippen molar-refractivity contribution in [2.45, 2.75) is 24.3 Å². The van der Waals surface area contributed by atoms with E-state index in [-0.39, 0.29) is 40.7 Å². The number of hydrogen-bond acceptors (Lipinski definition) is 6. The zero-order valence-electron chi connectivity index (χ0n) is 21.6. The summed E-state index contributed by atoms with van der Waals surface area (Å²) in [5.74, 6) is -2.62. The molecule has 1 aliphatic rings. The fourth-order valence-corrected chi connectivity index (χ4v) is 6.02. The minimum absolute atomic E-state index is 0.0128. The van der Waals surface area contributed by atoms with E-state index < -0.39 is 27.6 Å². The minimum Gasteiger partial charge on any atom is -0.423 e. The molecular weight excluding hydrogens is 526 g/mol. The average Bonchev–Trinajstić information content (AvgIpc) is 3.32. The number of hydrogen-bond donors (Lipinski definition) is 0. The lowest BCUT2D eigenvalue weighted by molar-refractivity contribution is 0.0981. The third kappa shape index (κ3) is 5.56. The first kappa shape index (κ1) is 26.9. The normalized spacial score (nSPS) is 14.1. The molecule has 0 radical (unpaired) electrons. The van der Waals surface area contributed by atoms with Crippen LogP contribution in [0.3, 0.4) is 0 Å². The van der Waals surface area contributed by atoms with Gasteiger partial charge in [-0.05, 0) is 68.9 Å². The highest BCUT2D eigenvalue weighted by Gasteiger charge is 2.29. The van der Waals surface area contributed by atoms with Crippen molar-refractivity contribution in [3.05, 3.63) is 89.0 Å². The summed E-state index contributed by atoms with van der Waals surface area (Å²) >= 11 is 0. The first-order chi connectivity index (χ1) is 18.6. The third-order valence-corrected chi connectivity index (χ3v) is 8.58. The maximum atomic E-state index is 13.7. The average molecular weight is 555 g/mol. The number of carbonyl (C=O) groups is 1. The summed E-state index contributed by atoms with van der Waals surface area (Å²) in [6.07, 6.45) is 1.20. The highest BCUT2D eigenvalue weighted by atomic mass is 32.2. The van der Waals surface area contributed by atoms with E-state index in [4.69, 9.17) is 4.42 Å². The number of carbonyl (C=O) groups excluding carboxylic acids is 1. The number of anilines is 1. The van der Waals surface area contributed by atoms with E-state index in [1.165, 1.54) is 33.5 Å². The molecule has 0 saturated heterocycles. The molecule has 0 aliphatic carbocycles. The monoisotopic (exact) mass is 554 g/mol. The number of aromatic nitrogens is 1. The number of nitrogens with zero attached hydrogens (tertiary/aromatic N) is 4. The number of oxazole rings is 1. The molecule has 5 rings (SSSR count). The Morgan fingerprint density at radius 3 is 2.41 bits per heavy atom. The molecule has 1 aromatic heterocycles. The summed E-state index contributed by atoms with van der Waals surface area (Å²) in [6.45, 7) is 1.56.